The molecular formula is C19H15BrN4S. The van der Waals surface area contributed by atoms with Gasteiger partial charge in [0.2, 0.25) is 5.95 Å². The molecule has 0 amide bonds. The third-order valence-electron chi connectivity index (χ3n) is 4.26. The molecule has 0 fully saturated rings. The van der Waals surface area contributed by atoms with Crippen LogP contribution in [0.4, 0.5) is 5.95 Å². The molecule has 1 aromatic heterocycles. The summed E-state index contributed by atoms with van der Waals surface area (Å²) >= 11 is 8.51. The van der Waals surface area contributed by atoms with E-state index in [1.54, 1.807) is 0 Å². The quantitative estimate of drug-likeness (QED) is 0.615. The minimum atomic E-state index is 0.157. The average molecular weight is 411 g/mol. The summed E-state index contributed by atoms with van der Waals surface area (Å²) in [6, 6.07) is 16.5. The van der Waals surface area contributed by atoms with Crippen LogP contribution in [0.2, 0.25) is 0 Å². The summed E-state index contributed by atoms with van der Waals surface area (Å²) in [5.41, 5.74) is 12.2. The molecule has 6 heteroatoms. The summed E-state index contributed by atoms with van der Waals surface area (Å²) in [6.07, 6.45) is 1.89. The molecule has 124 valence electrons. The number of aryl methyl sites for hydroxylation is 1. The molecule has 0 saturated heterocycles. The summed E-state index contributed by atoms with van der Waals surface area (Å²) in [7, 11) is 0. The van der Waals surface area contributed by atoms with Crippen molar-refractivity contribution in [2.24, 2.45) is 5.73 Å². The van der Waals surface area contributed by atoms with Crippen molar-refractivity contribution < 1.29 is 0 Å². The zero-order valence-electron chi connectivity index (χ0n) is 13.3. The Morgan fingerprint density at radius 3 is 2.64 bits per heavy atom. The van der Waals surface area contributed by atoms with E-state index < -0.39 is 0 Å². The van der Waals surface area contributed by atoms with E-state index in [-0.39, 0.29) is 5.11 Å². The fourth-order valence-corrected chi connectivity index (χ4v) is 3.70. The predicted octanol–water partition coefficient (Wildman–Crippen LogP) is 4.33. The van der Waals surface area contributed by atoms with Crippen molar-refractivity contribution in [3.8, 4) is 22.5 Å². The Balaban J connectivity index is 1.97. The minimum absolute atomic E-state index is 0.157. The van der Waals surface area contributed by atoms with Crippen molar-refractivity contribution in [3.05, 3.63) is 64.1 Å². The highest BCUT2D eigenvalue weighted by Crippen LogP contribution is 2.37. The van der Waals surface area contributed by atoms with Crippen LogP contribution in [-0.4, -0.2) is 15.1 Å². The summed E-state index contributed by atoms with van der Waals surface area (Å²) in [6.45, 7) is 0. The highest BCUT2D eigenvalue weighted by Gasteiger charge is 2.23. The van der Waals surface area contributed by atoms with Gasteiger partial charge < -0.3 is 11.1 Å². The maximum atomic E-state index is 5.64. The number of nitrogens with two attached hydrogens (primary N) is 1. The highest BCUT2D eigenvalue weighted by molar-refractivity contribution is 9.10. The van der Waals surface area contributed by atoms with E-state index >= 15 is 0 Å². The van der Waals surface area contributed by atoms with Crippen LogP contribution in [-0.2, 0) is 12.8 Å². The Labute approximate surface area is 159 Å². The summed E-state index contributed by atoms with van der Waals surface area (Å²) in [4.78, 5) is 9.40. The zero-order chi connectivity index (χ0) is 17.4. The zero-order valence-corrected chi connectivity index (χ0v) is 15.7. The Morgan fingerprint density at radius 1 is 1.04 bits per heavy atom. The van der Waals surface area contributed by atoms with E-state index in [4.69, 9.17) is 27.9 Å². The van der Waals surface area contributed by atoms with Crippen LogP contribution in [0.1, 0.15) is 11.1 Å². The van der Waals surface area contributed by atoms with E-state index in [0.717, 1.165) is 45.4 Å². The first-order chi connectivity index (χ1) is 12.1. The summed E-state index contributed by atoms with van der Waals surface area (Å²) in [5.74, 6) is 0.429. The van der Waals surface area contributed by atoms with E-state index in [0.29, 0.717) is 5.95 Å². The monoisotopic (exact) mass is 410 g/mol. The number of aromatic nitrogens is 2. The number of anilines is 1. The number of thiocarbonyl (C=S) groups is 1. The van der Waals surface area contributed by atoms with Gasteiger partial charge >= 0.3 is 0 Å². The molecular weight excluding hydrogens is 396 g/mol. The standard InChI is InChI=1S/C19H15BrN4S/c20-13-6-3-5-12(10-13)16-15-9-8-11-4-1-2-7-14(11)17(15)23-19(22-16)24-18(21)25/h1-7,10H,8-9H2,(H3,21,22,23,24,25). The Morgan fingerprint density at radius 2 is 1.84 bits per heavy atom. The van der Waals surface area contributed by atoms with Gasteiger partial charge in [0.1, 0.15) is 0 Å². The lowest BCUT2D eigenvalue weighted by molar-refractivity contribution is 0.916. The number of hydrogen-bond donors (Lipinski definition) is 2. The molecule has 3 N–H and O–H groups in total. The maximum Gasteiger partial charge on any atom is 0.230 e. The largest absolute Gasteiger partial charge is 0.376 e. The van der Waals surface area contributed by atoms with Crippen LogP contribution >= 0.6 is 28.1 Å². The number of hydrogen-bond acceptors (Lipinski definition) is 3. The van der Waals surface area contributed by atoms with Gasteiger partial charge in [-0.15, -0.1) is 0 Å². The minimum Gasteiger partial charge on any atom is -0.376 e. The van der Waals surface area contributed by atoms with E-state index in [9.17, 15) is 0 Å². The third kappa shape index (κ3) is 3.15. The number of rotatable bonds is 2. The molecule has 25 heavy (non-hydrogen) atoms. The number of nitrogens with one attached hydrogen (secondary N) is 1. The number of benzene rings is 2. The van der Waals surface area contributed by atoms with Crippen molar-refractivity contribution >= 4 is 39.2 Å². The fourth-order valence-electron chi connectivity index (χ4n) is 3.21. The van der Waals surface area contributed by atoms with Crippen molar-refractivity contribution in [1.82, 2.24) is 9.97 Å². The number of halogens is 1. The second-order valence-corrected chi connectivity index (χ2v) is 7.24. The SMILES string of the molecule is NC(=S)Nc1nc(-c2cccc(Br)c2)c2c(n1)-c1ccccc1CC2. The molecule has 0 saturated carbocycles. The normalized spacial score (nSPS) is 12.2. The van der Waals surface area contributed by atoms with Crippen LogP contribution in [0.25, 0.3) is 22.5 Å². The van der Waals surface area contributed by atoms with Crippen LogP contribution in [0.15, 0.2) is 53.0 Å². The van der Waals surface area contributed by atoms with Gasteiger partial charge in [-0.1, -0.05) is 52.3 Å². The number of fused-ring (bicyclic) bond motifs is 3. The highest BCUT2D eigenvalue weighted by atomic mass is 79.9. The first-order valence-electron chi connectivity index (χ1n) is 7.93. The first kappa shape index (κ1) is 16.2. The average Bonchev–Trinajstić information content (AvgIpc) is 2.60. The van der Waals surface area contributed by atoms with Gasteiger partial charge in [0.05, 0.1) is 11.4 Å². The van der Waals surface area contributed by atoms with Crippen molar-refractivity contribution in [3.63, 3.8) is 0 Å². The van der Waals surface area contributed by atoms with E-state index in [1.807, 2.05) is 18.2 Å². The molecule has 1 heterocycles. The lowest BCUT2D eigenvalue weighted by Crippen LogP contribution is -2.22. The second-order valence-electron chi connectivity index (χ2n) is 5.88. The fraction of sp³-hybridized carbons (Fsp3) is 0.105. The maximum absolute atomic E-state index is 5.64. The molecule has 2 aromatic carbocycles. The molecule has 0 spiro atoms. The van der Waals surface area contributed by atoms with Gasteiger partial charge in [-0.2, -0.15) is 0 Å². The van der Waals surface area contributed by atoms with Gasteiger partial charge in [-0.25, -0.2) is 9.97 Å². The molecule has 0 aliphatic heterocycles. The molecule has 0 bridgehead atoms. The van der Waals surface area contributed by atoms with Crippen molar-refractivity contribution in [2.45, 2.75) is 12.8 Å². The Kier molecular flexibility index (Phi) is 4.23. The predicted molar refractivity (Wildman–Crippen MR) is 108 cm³/mol. The van der Waals surface area contributed by atoms with Crippen LogP contribution in [0.5, 0.6) is 0 Å². The molecule has 4 rings (SSSR count). The molecule has 4 nitrogen and oxygen atoms in total. The lowest BCUT2D eigenvalue weighted by Gasteiger charge is -2.22. The molecule has 1 aliphatic carbocycles. The van der Waals surface area contributed by atoms with Crippen molar-refractivity contribution in [2.75, 3.05) is 5.32 Å². The lowest BCUT2D eigenvalue weighted by atomic mass is 9.87. The van der Waals surface area contributed by atoms with Crippen LogP contribution in [0.3, 0.4) is 0 Å². The van der Waals surface area contributed by atoms with Gasteiger partial charge in [-0.05, 0) is 42.8 Å². The number of nitrogens with zero attached hydrogens (tertiary/aromatic N) is 2. The van der Waals surface area contributed by atoms with Crippen molar-refractivity contribution in [1.29, 1.82) is 0 Å². The smallest absolute Gasteiger partial charge is 0.230 e. The third-order valence-corrected chi connectivity index (χ3v) is 4.85. The topological polar surface area (TPSA) is 63.8 Å². The van der Waals surface area contributed by atoms with Crippen LogP contribution in [0, 0.1) is 0 Å². The van der Waals surface area contributed by atoms with E-state index in [1.165, 1.54) is 5.56 Å². The Bertz CT molecular complexity index is 987. The summed E-state index contributed by atoms with van der Waals surface area (Å²) in [5, 5.41) is 3.04. The molecule has 0 unspecified atom stereocenters. The van der Waals surface area contributed by atoms with E-state index in [2.05, 4.69) is 51.6 Å². The second kappa shape index (κ2) is 6.54. The van der Waals surface area contributed by atoms with Gasteiger partial charge in [-0.3, -0.25) is 0 Å². The molecule has 0 radical (unpaired) electrons. The van der Waals surface area contributed by atoms with Gasteiger partial charge in [0, 0.05) is 21.2 Å². The van der Waals surface area contributed by atoms with Gasteiger partial charge in [0.15, 0.2) is 5.11 Å². The van der Waals surface area contributed by atoms with Gasteiger partial charge in [0.25, 0.3) is 0 Å². The molecule has 3 aromatic rings. The first-order valence-corrected chi connectivity index (χ1v) is 9.13. The Hall–Kier alpha value is -2.31. The molecule has 0 atom stereocenters. The van der Waals surface area contributed by atoms with Crippen LogP contribution < -0.4 is 11.1 Å². The summed E-state index contributed by atoms with van der Waals surface area (Å²) < 4.78 is 1.01. The molecule has 1 aliphatic rings.